The van der Waals surface area contributed by atoms with Gasteiger partial charge in [0.15, 0.2) is 0 Å². The molecule has 0 spiro atoms. The summed E-state index contributed by atoms with van der Waals surface area (Å²) in [6, 6.07) is 3.64. The Hall–Kier alpha value is -1.47. The molecule has 3 nitrogen and oxygen atoms in total. The lowest BCUT2D eigenvalue weighted by molar-refractivity contribution is 0.0607. The number of hydrogen-bond acceptors (Lipinski definition) is 4. The van der Waals surface area contributed by atoms with Gasteiger partial charge in [0, 0.05) is 9.35 Å². The normalized spacial score (nSPS) is 10.5. The van der Waals surface area contributed by atoms with E-state index in [9.17, 15) is 13.6 Å². The lowest BCUT2D eigenvalue weighted by Gasteiger charge is -2.02. The predicted molar refractivity (Wildman–Crippen MR) is 73.1 cm³/mol. The monoisotopic (exact) mass is 347 g/mol. The number of nitrogens with two attached hydrogens (primary N) is 1. The van der Waals surface area contributed by atoms with E-state index in [1.165, 1.54) is 13.2 Å². The highest BCUT2D eigenvalue weighted by molar-refractivity contribution is 9.10. The molecule has 0 unspecified atom stereocenters. The Morgan fingerprint density at radius 2 is 1.89 bits per heavy atom. The van der Waals surface area contributed by atoms with Gasteiger partial charge in [0.2, 0.25) is 0 Å². The number of esters is 1. The van der Waals surface area contributed by atoms with Crippen LogP contribution in [0.15, 0.2) is 22.7 Å². The van der Waals surface area contributed by atoms with Crippen LogP contribution in [0, 0.1) is 11.6 Å². The first-order valence-corrected chi connectivity index (χ1v) is 6.67. The van der Waals surface area contributed by atoms with Crippen molar-refractivity contribution >= 4 is 38.9 Å². The first kappa shape index (κ1) is 14.0. The van der Waals surface area contributed by atoms with E-state index in [4.69, 9.17) is 5.73 Å². The number of benzene rings is 1. The molecule has 0 radical (unpaired) electrons. The molecule has 0 saturated carbocycles. The van der Waals surface area contributed by atoms with Gasteiger partial charge < -0.3 is 10.5 Å². The van der Waals surface area contributed by atoms with Crippen LogP contribution < -0.4 is 5.73 Å². The van der Waals surface area contributed by atoms with Crippen LogP contribution in [0.2, 0.25) is 0 Å². The van der Waals surface area contributed by atoms with E-state index < -0.39 is 17.6 Å². The highest BCUT2D eigenvalue weighted by Crippen LogP contribution is 2.37. The molecule has 0 saturated heterocycles. The van der Waals surface area contributed by atoms with Crippen molar-refractivity contribution in [1.29, 1.82) is 0 Å². The number of carbonyl (C=O) groups excluding carboxylic acids is 1. The average molecular weight is 348 g/mol. The molecule has 2 N–H and O–H groups in total. The quantitative estimate of drug-likeness (QED) is 0.840. The molecule has 1 heterocycles. The number of methoxy groups -OCH3 is 1. The van der Waals surface area contributed by atoms with E-state index in [0.29, 0.717) is 4.47 Å². The van der Waals surface area contributed by atoms with Gasteiger partial charge in [0.05, 0.1) is 18.4 Å². The first-order valence-electron chi connectivity index (χ1n) is 5.06. The SMILES string of the molecule is COC(=O)c1sc(-c2c(F)cc(Br)cc2F)cc1N. The van der Waals surface area contributed by atoms with Crippen LogP contribution in [0.25, 0.3) is 10.4 Å². The molecule has 0 fully saturated rings. The van der Waals surface area contributed by atoms with Crippen LogP contribution >= 0.6 is 27.3 Å². The minimum Gasteiger partial charge on any atom is -0.465 e. The summed E-state index contributed by atoms with van der Waals surface area (Å²) in [6.07, 6.45) is 0. The van der Waals surface area contributed by atoms with Crippen molar-refractivity contribution in [3.05, 3.63) is 39.2 Å². The van der Waals surface area contributed by atoms with Crippen molar-refractivity contribution in [2.75, 3.05) is 12.8 Å². The zero-order valence-electron chi connectivity index (χ0n) is 9.67. The minimum atomic E-state index is -0.732. The predicted octanol–water partition coefficient (Wildman–Crippen LogP) is 3.82. The van der Waals surface area contributed by atoms with Gasteiger partial charge in [0.1, 0.15) is 16.5 Å². The number of thiophene rings is 1. The summed E-state index contributed by atoms with van der Waals surface area (Å²) in [5.74, 6) is -2.10. The zero-order valence-corrected chi connectivity index (χ0v) is 12.1. The number of anilines is 1. The van der Waals surface area contributed by atoms with E-state index in [1.54, 1.807) is 0 Å². The molecule has 0 atom stereocenters. The van der Waals surface area contributed by atoms with Gasteiger partial charge in [-0.05, 0) is 18.2 Å². The largest absolute Gasteiger partial charge is 0.465 e. The summed E-state index contributed by atoms with van der Waals surface area (Å²) >= 11 is 3.88. The molecule has 100 valence electrons. The van der Waals surface area contributed by atoms with Crippen molar-refractivity contribution in [1.82, 2.24) is 0 Å². The molecule has 1 aromatic heterocycles. The molecule has 2 rings (SSSR count). The van der Waals surface area contributed by atoms with E-state index in [2.05, 4.69) is 20.7 Å². The van der Waals surface area contributed by atoms with E-state index >= 15 is 0 Å². The first-order chi connectivity index (χ1) is 8.93. The number of rotatable bonds is 2. The number of carbonyl (C=O) groups is 1. The number of nitrogen functional groups attached to an aromatic ring is 1. The maximum absolute atomic E-state index is 13.8. The topological polar surface area (TPSA) is 52.3 Å². The Kier molecular flexibility index (Phi) is 3.86. The van der Waals surface area contributed by atoms with Crippen molar-refractivity contribution in [3.63, 3.8) is 0 Å². The standard InChI is InChI=1S/C12H8BrF2NO2S/c1-18-12(17)11-8(16)4-9(19-11)10-6(14)2-5(13)3-7(10)15/h2-4H,16H2,1H3. The Bertz CT molecular complexity index is 634. The minimum absolute atomic E-state index is 0.124. The Balaban J connectivity index is 2.58. The fraction of sp³-hybridized carbons (Fsp3) is 0.0833. The Morgan fingerprint density at radius 3 is 2.42 bits per heavy atom. The van der Waals surface area contributed by atoms with Crippen molar-refractivity contribution in [2.24, 2.45) is 0 Å². The number of hydrogen-bond donors (Lipinski definition) is 1. The highest BCUT2D eigenvalue weighted by atomic mass is 79.9. The molecule has 19 heavy (non-hydrogen) atoms. The Labute approximate surface area is 120 Å². The third-order valence-electron chi connectivity index (χ3n) is 2.38. The molecule has 7 heteroatoms. The van der Waals surface area contributed by atoms with Crippen LogP contribution in [0.3, 0.4) is 0 Å². The smallest absolute Gasteiger partial charge is 0.350 e. The second kappa shape index (κ2) is 5.26. The summed E-state index contributed by atoms with van der Waals surface area (Å²) in [7, 11) is 1.21. The fourth-order valence-electron chi connectivity index (χ4n) is 1.56. The average Bonchev–Trinajstić information content (AvgIpc) is 2.68. The summed E-state index contributed by atoms with van der Waals surface area (Å²) in [4.78, 5) is 11.8. The van der Waals surface area contributed by atoms with Crippen LogP contribution in [-0.2, 0) is 4.74 Å². The highest BCUT2D eigenvalue weighted by Gasteiger charge is 2.20. The second-order valence-corrected chi connectivity index (χ2v) is 5.60. The molecule has 0 aliphatic heterocycles. The summed E-state index contributed by atoms with van der Waals surface area (Å²) in [6.45, 7) is 0. The molecular formula is C12H8BrF2NO2S. The molecule has 0 aliphatic rings. The van der Waals surface area contributed by atoms with Gasteiger partial charge in [-0.2, -0.15) is 0 Å². The van der Waals surface area contributed by atoms with Gasteiger partial charge >= 0.3 is 5.97 Å². The van der Waals surface area contributed by atoms with E-state index in [0.717, 1.165) is 23.5 Å². The number of halogens is 3. The van der Waals surface area contributed by atoms with Crippen LogP contribution in [0.5, 0.6) is 0 Å². The van der Waals surface area contributed by atoms with Gasteiger partial charge in [-0.15, -0.1) is 11.3 Å². The molecule has 2 aromatic rings. The fourth-order valence-corrected chi connectivity index (χ4v) is 3.01. The van der Waals surface area contributed by atoms with Crippen LogP contribution in [-0.4, -0.2) is 13.1 Å². The maximum atomic E-state index is 13.8. The molecule has 0 bridgehead atoms. The summed E-state index contributed by atoms with van der Waals surface area (Å²) < 4.78 is 32.4. The van der Waals surface area contributed by atoms with Gasteiger partial charge in [-0.1, -0.05) is 15.9 Å². The van der Waals surface area contributed by atoms with Crippen molar-refractivity contribution in [3.8, 4) is 10.4 Å². The van der Waals surface area contributed by atoms with Gasteiger partial charge in [-0.25, -0.2) is 13.6 Å². The van der Waals surface area contributed by atoms with Gasteiger partial charge in [0.25, 0.3) is 0 Å². The van der Waals surface area contributed by atoms with Crippen LogP contribution in [0.4, 0.5) is 14.5 Å². The molecule has 0 aliphatic carbocycles. The Morgan fingerprint density at radius 1 is 1.32 bits per heavy atom. The summed E-state index contributed by atoms with van der Waals surface area (Å²) in [5.41, 5.74) is 5.56. The van der Waals surface area contributed by atoms with Gasteiger partial charge in [-0.3, -0.25) is 0 Å². The summed E-state index contributed by atoms with van der Waals surface area (Å²) in [5, 5.41) is 0. The van der Waals surface area contributed by atoms with Crippen LogP contribution in [0.1, 0.15) is 9.67 Å². The second-order valence-electron chi connectivity index (χ2n) is 3.63. The van der Waals surface area contributed by atoms with Crippen molar-refractivity contribution in [2.45, 2.75) is 0 Å². The lowest BCUT2D eigenvalue weighted by atomic mass is 10.1. The maximum Gasteiger partial charge on any atom is 0.350 e. The van der Waals surface area contributed by atoms with Crippen molar-refractivity contribution < 1.29 is 18.3 Å². The lowest BCUT2D eigenvalue weighted by Crippen LogP contribution is -2.00. The van der Waals surface area contributed by atoms with E-state index in [-0.39, 0.29) is 21.0 Å². The third-order valence-corrected chi connectivity index (χ3v) is 3.99. The zero-order chi connectivity index (χ0) is 14.2. The molecular weight excluding hydrogens is 340 g/mol. The van der Waals surface area contributed by atoms with E-state index in [1.807, 2.05) is 0 Å². The number of ether oxygens (including phenoxy) is 1. The third kappa shape index (κ3) is 2.62. The molecule has 0 amide bonds. The molecule has 1 aromatic carbocycles.